The van der Waals surface area contributed by atoms with Gasteiger partial charge in [-0.15, -0.1) is 10.2 Å². The van der Waals surface area contributed by atoms with Gasteiger partial charge in [-0.25, -0.2) is 9.59 Å². The molecule has 0 spiro atoms. The van der Waals surface area contributed by atoms with E-state index in [-0.39, 0.29) is 19.2 Å². The largest absolute Gasteiger partial charge is 0.467 e. The molecule has 0 unspecified atom stereocenters. The van der Waals surface area contributed by atoms with Crippen molar-refractivity contribution in [1.29, 1.82) is 0 Å². The van der Waals surface area contributed by atoms with Crippen LogP contribution in [-0.2, 0) is 16.1 Å². The topological polar surface area (TPSA) is 111 Å². The Kier molecular flexibility index (Phi) is 5.39. The highest BCUT2D eigenvalue weighted by Crippen LogP contribution is 2.21. The number of amides is 2. The Balaban J connectivity index is 1.71. The number of nitrogens with zero attached hydrogens (tertiary/aromatic N) is 3. The smallest absolute Gasteiger partial charge is 0.337 e. The van der Waals surface area contributed by atoms with Crippen molar-refractivity contribution in [2.24, 2.45) is 0 Å². The summed E-state index contributed by atoms with van der Waals surface area (Å²) in [5, 5.41) is 13.9. The molecule has 0 aliphatic carbocycles. The molecule has 2 aromatic heterocycles. The molecule has 25 heavy (non-hydrogen) atoms. The highest BCUT2D eigenvalue weighted by atomic mass is 32.2. The molecule has 2 N–H and O–H groups in total. The molecule has 3 heterocycles. The summed E-state index contributed by atoms with van der Waals surface area (Å²) in [6.07, 6.45) is 3.21. The number of ether oxygens (including phenoxy) is 1. The second-order valence-corrected chi connectivity index (χ2v) is 6.04. The third-order valence-corrected chi connectivity index (χ3v) is 4.42. The number of aromatic nitrogens is 3. The summed E-state index contributed by atoms with van der Waals surface area (Å²) in [5.74, 6) is 0.698. The molecule has 0 atom stereocenters. The number of furan rings is 1. The van der Waals surface area contributed by atoms with Crippen molar-refractivity contribution in [1.82, 2.24) is 25.4 Å². The maximum atomic E-state index is 12.0. The second-order valence-electron chi connectivity index (χ2n) is 5.09. The summed E-state index contributed by atoms with van der Waals surface area (Å²) in [5.41, 5.74) is 0.922. The molecule has 1 aliphatic heterocycles. The third-order valence-electron chi connectivity index (χ3n) is 3.41. The monoisotopic (exact) mass is 363 g/mol. The van der Waals surface area contributed by atoms with Crippen molar-refractivity contribution in [2.45, 2.75) is 18.6 Å². The van der Waals surface area contributed by atoms with E-state index in [1.165, 1.54) is 11.8 Å². The molecule has 0 saturated carbocycles. The van der Waals surface area contributed by atoms with Crippen LogP contribution >= 0.6 is 11.8 Å². The minimum absolute atomic E-state index is 0.139. The lowest BCUT2D eigenvalue weighted by Crippen LogP contribution is -2.44. The lowest BCUT2D eigenvalue weighted by Gasteiger charge is -2.20. The summed E-state index contributed by atoms with van der Waals surface area (Å²) in [6.45, 7) is 2.65. The molecule has 0 radical (unpaired) electrons. The van der Waals surface area contributed by atoms with Gasteiger partial charge in [0.15, 0.2) is 5.16 Å². The lowest BCUT2D eigenvalue weighted by molar-refractivity contribution is -0.138. The molecule has 0 fully saturated rings. The van der Waals surface area contributed by atoms with Crippen LogP contribution in [0.2, 0.25) is 0 Å². The highest BCUT2D eigenvalue weighted by molar-refractivity contribution is 7.99. The van der Waals surface area contributed by atoms with Crippen LogP contribution in [0.4, 0.5) is 4.79 Å². The van der Waals surface area contributed by atoms with Gasteiger partial charge in [-0.05, 0) is 19.1 Å². The summed E-state index contributed by atoms with van der Waals surface area (Å²) in [4.78, 5) is 23.6. The van der Waals surface area contributed by atoms with Gasteiger partial charge in [0.25, 0.3) is 0 Å². The zero-order chi connectivity index (χ0) is 17.6. The molecule has 10 heteroatoms. The van der Waals surface area contributed by atoms with Gasteiger partial charge in [0.2, 0.25) is 0 Å². The van der Waals surface area contributed by atoms with E-state index in [9.17, 15) is 9.59 Å². The van der Waals surface area contributed by atoms with E-state index in [0.717, 1.165) is 5.76 Å². The first-order valence-corrected chi connectivity index (χ1v) is 8.63. The van der Waals surface area contributed by atoms with Gasteiger partial charge in [0, 0.05) is 11.4 Å². The number of hydrogen-bond acceptors (Lipinski definition) is 7. The molecule has 9 nitrogen and oxygen atoms in total. The SMILES string of the molecule is CCOC(=O)C1=C(CSc2nncn2Cc2ccco2)NC(=O)NC1. The average Bonchev–Trinajstić information content (AvgIpc) is 3.25. The maximum absolute atomic E-state index is 12.0. The molecular weight excluding hydrogens is 346 g/mol. The van der Waals surface area contributed by atoms with Crippen molar-refractivity contribution < 1.29 is 18.7 Å². The zero-order valence-electron chi connectivity index (χ0n) is 13.5. The van der Waals surface area contributed by atoms with Crippen molar-refractivity contribution in [3.8, 4) is 0 Å². The van der Waals surface area contributed by atoms with Crippen LogP contribution in [0.5, 0.6) is 0 Å². The Morgan fingerprint density at radius 3 is 3.16 bits per heavy atom. The fourth-order valence-electron chi connectivity index (χ4n) is 2.24. The van der Waals surface area contributed by atoms with Crippen LogP contribution in [0, 0.1) is 0 Å². The molecule has 2 amide bonds. The van der Waals surface area contributed by atoms with Gasteiger partial charge in [-0.1, -0.05) is 11.8 Å². The number of urea groups is 1. The van der Waals surface area contributed by atoms with Crippen LogP contribution in [0.25, 0.3) is 0 Å². The van der Waals surface area contributed by atoms with Crippen LogP contribution in [0.1, 0.15) is 12.7 Å². The van der Waals surface area contributed by atoms with E-state index in [4.69, 9.17) is 9.15 Å². The summed E-state index contributed by atoms with van der Waals surface area (Å²) in [6, 6.07) is 3.33. The predicted octanol–water partition coefficient (Wildman–Crippen LogP) is 1.14. The molecular formula is C15H17N5O4S. The van der Waals surface area contributed by atoms with Gasteiger partial charge in [-0.2, -0.15) is 0 Å². The summed E-state index contributed by atoms with van der Waals surface area (Å²) in [7, 11) is 0. The first-order valence-electron chi connectivity index (χ1n) is 7.64. The van der Waals surface area contributed by atoms with Crippen molar-refractivity contribution in [3.05, 3.63) is 41.8 Å². The number of esters is 1. The number of nitrogens with one attached hydrogen (secondary N) is 2. The minimum atomic E-state index is -0.442. The quantitative estimate of drug-likeness (QED) is 0.560. The van der Waals surface area contributed by atoms with Gasteiger partial charge >= 0.3 is 12.0 Å². The minimum Gasteiger partial charge on any atom is -0.467 e. The molecule has 1 aliphatic rings. The van der Waals surface area contributed by atoms with E-state index in [1.807, 2.05) is 16.7 Å². The van der Waals surface area contributed by atoms with E-state index in [2.05, 4.69) is 20.8 Å². The number of thioether (sulfide) groups is 1. The molecule has 132 valence electrons. The van der Waals surface area contributed by atoms with Crippen LogP contribution < -0.4 is 10.6 Å². The fourth-order valence-corrected chi connectivity index (χ4v) is 3.14. The highest BCUT2D eigenvalue weighted by Gasteiger charge is 2.24. The first kappa shape index (κ1) is 17.1. The maximum Gasteiger partial charge on any atom is 0.337 e. The van der Waals surface area contributed by atoms with Gasteiger partial charge < -0.3 is 24.4 Å². The summed E-state index contributed by atoms with van der Waals surface area (Å²) < 4.78 is 12.2. The first-order chi connectivity index (χ1) is 12.2. The number of rotatable bonds is 7. The molecule has 2 aromatic rings. The number of hydrogen-bond donors (Lipinski definition) is 2. The van der Waals surface area contributed by atoms with E-state index < -0.39 is 5.97 Å². The summed E-state index contributed by atoms with van der Waals surface area (Å²) >= 11 is 1.36. The Hall–Kier alpha value is -2.75. The van der Waals surface area contributed by atoms with Gasteiger partial charge in [0.1, 0.15) is 12.1 Å². The Morgan fingerprint density at radius 2 is 2.40 bits per heavy atom. The molecule has 0 saturated heterocycles. The van der Waals surface area contributed by atoms with Crippen LogP contribution in [0.15, 0.2) is 45.6 Å². The van der Waals surface area contributed by atoms with Crippen molar-refractivity contribution >= 4 is 23.8 Å². The second kappa shape index (κ2) is 7.88. The Morgan fingerprint density at radius 1 is 1.52 bits per heavy atom. The normalized spacial score (nSPS) is 14.2. The number of carbonyl (C=O) groups excluding carboxylic acids is 2. The molecule has 0 aromatic carbocycles. The molecule has 3 rings (SSSR count). The Labute approximate surface area is 147 Å². The van der Waals surface area contributed by atoms with Crippen molar-refractivity contribution in [3.63, 3.8) is 0 Å². The lowest BCUT2D eigenvalue weighted by atomic mass is 10.2. The Bertz CT molecular complexity index is 784. The van der Waals surface area contributed by atoms with Crippen molar-refractivity contribution in [2.75, 3.05) is 18.9 Å². The number of carbonyl (C=O) groups is 2. The van der Waals surface area contributed by atoms with Crippen LogP contribution in [0.3, 0.4) is 0 Å². The van der Waals surface area contributed by atoms with Gasteiger partial charge in [0.05, 0.1) is 31.5 Å². The molecule has 0 bridgehead atoms. The van der Waals surface area contributed by atoms with Gasteiger partial charge in [-0.3, -0.25) is 0 Å². The van der Waals surface area contributed by atoms with E-state index in [0.29, 0.717) is 28.7 Å². The average molecular weight is 363 g/mol. The third kappa shape index (κ3) is 4.21. The predicted molar refractivity (Wildman–Crippen MR) is 88.7 cm³/mol. The van der Waals surface area contributed by atoms with E-state index in [1.54, 1.807) is 19.5 Å². The van der Waals surface area contributed by atoms with E-state index >= 15 is 0 Å². The fraction of sp³-hybridized carbons (Fsp3) is 0.333. The standard InChI is InChI=1S/C15H17N5O4S/c1-2-23-13(21)11-6-16-14(22)18-12(11)8-25-15-19-17-9-20(15)7-10-4-3-5-24-10/h3-5,9H,2,6-8H2,1H3,(H2,16,18,22). The zero-order valence-corrected chi connectivity index (χ0v) is 14.3. The van der Waals surface area contributed by atoms with Crippen LogP contribution in [-0.4, -0.2) is 45.7 Å².